The summed E-state index contributed by atoms with van der Waals surface area (Å²) in [5, 5.41) is 16.0. The van der Waals surface area contributed by atoms with Crippen LogP contribution in [0.2, 0.25) is 0 Å². The molecular formula is C13H24N2O2. The highest BCUT2D eigenvalue weighted by molar-refractivity contribution is 5.78. The first-order valence-electron chi connectivity index (χ1n) is 6.36. The number of amides is 1. The monoisotopic (exact) mass is 240 g/mol. The summed E-state index contributed by atoms with van der Waals surface area (Å²) in [4.78, 5) is 11.4. The van der Waals surface area contributed by atoms with Gasteiger partial charge in [-0.2, -0.15) is 0 Å². The van der Waals surface area contributed by atoms with Crippen molar-refractivity contribution in [3.8, 4) is 0 Å². The number of hydrogen-bond acceptors (Lipinski definition) is 3. The molecule has 1 saturated carbocycles. The van der Waals surface area contributed by atoms with Gasteiger partial charge in [0.15, 0.2) is 0 Å². The van der Waals surface area contributed by atoms with Crippen molar-refractivity contribution in [1.82, 2.24) is 10.6 Å². The number of hydrogen-bond donors (Lipinski definition) is 3. The molecule has 1 fully saturated rings. The topological polar surface area (TPSA) is 61.4 Å². The molecule has 1 aliphatic carbocycles. The lowest BCUT2D eigenvalue weighted by Gasteiger charge is -2.34. The Morgan fingerprint density at radius 1 is 1.53 bits per heavy atom. The molecule has 1 aliphatic rings. The van der Waals surface area contributed by atoms with E-state index in [0.717, 1.165) is 25.7 Å². The van der Waals surface area contributed by atoms with Crippen LogP contribution in [0.4, 0.5) is 0 Å². The summed E-state index contributed by atoms with van der Waals surface area (Å²) < 4.78 is 0. The van der Waals surface area contributed by atoms with Crippen molar-refractivity contribution < 1.29 is 9.90 Å². The number of carbonyl (C=O) groups is 1. The Bertz CT molecular complexity index is 258. The van der Waals surface area contributed by atoms with Gasteiger partial charge in [0.2, 0.25) is 5.91 Å². The zero-order valence-corrected chi connectivity index (χ0v) is 10.7. The van der Waals surface area contributed by atoms with Crippen LogP contribution in [0.3, 0.4) is 0 Å². The van der Waals surface area contributed by atoms with Gasteiger partial charge in [0.05, 0.1) is 12.1 Å². The third kappa shape index (κ3) is 5.33. The van der Waals surface area contributed by atoms with Gasteiger partial charge in [0.1, 0.15) is 0 Å². The molecule has 0 aliphatic heterocycles. The number of carbonyl (C=O) groups excluding carboxylic acids is 1. The molecule has 0 aromatic heterocycles. The van der Waals surface area contributed by atoms with Crippen molar-refractivity contribution in [1.29, 1.82) is 0 Å². The average Bonchev–Trinajstić information content (AvgIpc) is 2.32. The van der Waals surface area contributed by atoms with Crippen LogP contribution in [0.15, 0.2) is 12.7 Å². The third-order valence-corrected chi connectivity index (χ3v) is 3.39. The fourth-order valence-corrected chi connectivity index (χ4v) is 2.09. The molecule has 4 heteroatoms. The predicted molar refractivity (Wildman–Crippen MR) is 68.7 cm³/mol. The molecular weight excluding hydrogens is 216 g/mol. The van der Waals surface area contributed by atoms with Crippen LogP contribution >= 0.6 is 0 Å². The summed E-state index contributed by atoms with van der Waals surface area (Å²) in [6.07, 6.45) is 5.37. The zero-order valence-electron chi connectivity index (χ0n) is 10.7. The molecule has 4 nitrogen and oxygen atoms in total. The highest BCUT2D eigenvalue weighted by Crippen LogP contribution is 2.31. The maximum absolute atomic E-state index is 11.4. The second kappa shape index (κ2) is 6.77. The van der Waals surface area contributed by atoms with Crippen LogP contribution in [0.25, 0.3) is 0 Å². The van der Waals surface area contributed by atoms with Crippen LogP contribution in [-0.4, -0.2) is 36.2 Å². The highest BCUT2D eigenvalue weighted by atomic mass is 16.3. The second-order valence-corrected chi connectivity index (χ2v) is 5.10. The largest absolute Gasteiger partial charge is 0.388 e. The van der Waals surface area contributed by atoms with Gasteiger partial charge in [-0.25, -0.2) is 0 Å². The summed E-state index contributed by atoms with van der Waals surface area (Å²) in [6.45, 7) is 7.03. The molecule has 17 heavy (non-hydrogen) atoms. The van der Waals surface area contributed by atoms with Crippen molar-refractivity contribution >= 4 is 5.91 Å². The average molecular weight is 240 g/mol. The molecule has 0 radical (unpaired) electrons. The highest BCUT2D eigenvalue weighted by Gasteiger charge is 2.31. The van der Waals surface area contributed by atoms with Crippen LogP contribution < -0.4 is 10.6 Å². The first-order chi connectivity index (χ1) is 8.06. The molecule has 0 bridgehead atoms. The summed E-state index contributed by atoms with van der Waals surface area (Å²) in [5.74, 6) is 0.624. The maximum atomic E-state index is 11.4. The van der Waals surface area contributed by atoms with Gasteiger partial charge in [-0.05, 0) is 31.6 Å². The Morgan fingerprint density at radius 2 is 2.18 bits per heavy atom. The molecule has 0 unspecified atom stereocenters. The quantitative estimate of drug-likeness (QED) is 0.476. The summed E-state index contributed by atoms with van der Waals surface area (Å²) in [6, 6.07) is 0. The lowest BCUT2D eigenvalue weighted by molar-refractivity contribution is -0.122. The van der Waals surface area contributed by atoms with Crippen molar-refractivity contribution in [3.05, 3.63) is 12.7 Å². The van der Waals surface area contributed by atoms with Gasteiger partial charge in [0, 0.05) is 13.1 Å². The van der Waals surface area contributed by atoms with E-state index in [-0.39, 0.29) is 12.5 Å². The Kier molecular flexibility index (Phi) is 5.65. The minimum absolute atomic E-state index is 0.0705. The standard InChI is InChI=1S/C13H24N2O2/c1-3-8-14-9-12(16)15-10-13(17)6-4-11(2)5-7-13/h3,11,14,17H,1,4-10H2,2H3,(H,15,16). The Morgan fingerprint density at radius 3 is 2.76 bits per heavy atom. The van der Waals surface area contributed by atoms with E-state index in [4.69, 9.17) is 0 Å². The Hall–Kier alpha value is -0.870. The van der Waals surface area contributed by atoms with E-state index in [2.05, 4.69) is 24.1 Å². The van der Waals surface area contributed by atoms with Crippen molar-refractivity contribution in [2.45, 2.75) is 38.2 Å². The molecule has 1 amide bonds. The predicted octanol–water partition coefficient (Wildman–Crippen LogP) is 0.819. The minimum Gasteiger partial charge on any atom is -0.388 e. The molecule has 0 saturated heterocycles. The Balaban J connectivity index is 2.20. The first-order valence-corrected chi connectivity index (χ1v) is 6.36. The van der Waals surface area contributed by atoms with E-state index >= 15 is 0 Å². The van der Waals surface area contributed by atoms with E-state index in [9.17, 15) is 9.90 Å². The fraction of sp³-hybridized carbons (Fsp3) is 0.769. The lowest BCUT2D eigenvalue weighted by atomic mass is 9.79. The van der Waals surface area contributed by atoms with Gasteiger partial charge in [-0.3, -0.25) is 4.79 Å². The van der Waals surface area contributed by atoms with Gasteiger partial charge < -0.3 is 15.7 Å². The van der Waals surface area contributed by atoms with Gasteiger partial charge in [0.25, 0.3) is 0 Å². The summed E-state index contributed by atoms with van der Waals surface area (Å²) in [5.41, 5.74) is -0.694. The van der Waals surface area contributed by atoms with Crippen molar-refractivity contribution in [2.24, 2.45) is 5.92 Å². The molecule has 0 atom stereocenters. The van der Waals surface area contributed by atoms with E-state index < -0.39 is 5.60 Å². The van der Waals surface area contributed by atoms with Gasteiger partial charge in [-0.15, -0.1) is 6.58 Å². The molecule has 0 heterocycles. The van der Waals surface area contributed by atoms with E-state index in [1.807, 2.05) is 0 Å². The SMILES string of the molecule is C=CCNCC(=O)NCC1(O)CCC(C)CC1. The molecule has 0 aromatic rings. The smallest absolute Gasteiger partial charge is 0.234 e. The Labute approximate surface area is 103 Å². The molecule has 1 rings (SSSR count). The van der Waals surface area contributed by atoms with Crippen molar-refractivity contribution in [2.75, 3.05) is 19.6 Å². The zero-order chi connectivity index (χ0) is 12.7. The molecule has 0 aromatic carbocycles. The second-order valence-electron chi connectivity index (χ2n) is 5.10. The number of nitrogens with one attached hydrogen (secondary N) is 2. The first kappa shape index (κ1) is 14.2. The number of rotatable bonds is 6. The maximum Gasteiger partial charge on any atom is 0.234 e. The number of aliphatic hydroxyl groups is 1. The summed E-state index contributed by atoms with van der Waals surface area (Å²) in [7, 11) is 0. The normalized spacial score (nSPS) is 28.7. The van der Waals surface area contributed by atoms with Crippen molar-refractivity contribution in [3.63, 3.8) is 0 Å². The molecule has 0 spiro atoms. The minimum atomic E-state index is -0.694. The molecule has 98 valence electrons. The van der Waals surface area contributed by atoms with E-state index in [1.54, 1.807) is 6.08 Å². The van der Waals surface area contributed by atoms with Crippen LogP contribution in [-0.2, 0) is 4.79 Å². The summed E-state index contributed by atoms with van der Waals surface area (Å²) >= 11 is 0. The van der Waals surface area contributed by atoms with Gasteiger partial charge >= 0.3 is 0 Å². The van der Waals surface area contributed by atoms with E-state index in [0.29, 0.717) is 19.0 Å². The van der Waals surface area contributed by atoms with Crippen LogP contribution in [0.5, 0.6) is 0 Å². The third-order valence-electron chi connectivity index (χ3n) is 3.39. The fourth-order valence-electron chi connectivity index (χ4n) is 2.09. The van der Waals surface area contributed by atoms with Crippen LogP contribution in [0.1, 0.15) is 32.6 Å². The van der Waals surface area contributed by atoms with E-state index in [1.165, 1.54) is 0 Å². The van der Waals surface area contributed by atoms with Crippen LogP contribution in [0, 0.1) is 5.92 Å². The lowest BCUT2D eigenvalue weighted by Crippen LogP contribution is -2.47. The molecule has 3 N–H and O–H groups in total. The van der Waals surface area contributed by atoms with Gasteiger partial charge in [-0.1, -0.05) is 13.0 Å².